The first-order chi connectivity index (χ1) is 7.79. The zero-order valence-corrected chi connectivity index (χ0v) is 8.69. The smallest absolute Gasteiger partial charge is 0.108 e. The van der Waals surface area contributed by atoms with Gasteiger partial charge in [0.1, 0.15) is 5.69 Å². The Kier molecular flexibility index (Phi) is 3.28. The summed E-state index contributed by atoms with van der Waals surface area (Å²) in [4.78, 5) is 0. The van der Waals surface area contributed by atoms with Crippen LogP contribution in [0.15, 0.2) is 36.5 Å². The van der Waals surface area contributed by atoms with Crippen molar-refractivity contribution < 1.29 is 10.2 Å². The molecule has 0 spiro atoms. The van der Waals surface area contributed by atoms with Crippen molar-refractivity contribution in [2.24, 2.45) is 0 Å². The second-order valence-corrected chi connectivity index (χ2v) is 3.52. The fourth-order valence-electron chi connectivity index (χ4n) is 1.46. The fraction of sp³-hybridized carbons (Fsp3) is 0.273. The van der Waals surface area contributed by atoms with Gasteiger partial charge in [0, 0.05) is 0 Å². The molecular weight excluding hydrogens is 206 g/mol. The van der Waals surface area contributed by atoms with E-state index in [9.17, 15) is 5.11 Å². The van der Waals surface area contributed by atoms with Gasteiger partial charge in [0.25, 0.3) is 0 Å². The molecule has 5 nitrogen and oxygen atoms in total. The predicted octanol–water partition coefficient (Wildman–Crippen LogP) is 0.504. The van der Waals surface area contributed by atoms with Gasteiger partial charge in [0.05, 0.1) is 25.5 Å². The van der Waals surface area contributed by atoms with E-state index in [2.05, 4.69) is 10.3 Å². The van der Waals surface area contributed by atoms with Crippen molar-refractivity contribution in [2.45, 2.75) is 19.3 Å². The quantitative estimate of drug-likeness (QED) is 0.785. The van der Waals surface area contributed by atoms with Crippen LogP contribution in [-0.2, 0) is 13.2 Å². The van der Waals surface area contributed by atoms with Gasteiger partial charge in [0.2, 0.25) is 0 Å². The first-order valence-electron chi connectivity index (χ1n) is 5.02. The summed E-state index contributed by atoms with van der Waals surface area (Å²) in [6.45, 7) is 0.193. The van der Waals surface area contributed by atoms with Crippen LogP contribution in [0.25, 0.3) is 0 Å². The number of hydrogen-bond donors (Lipinski definition) is 2. The monoisotopic (exact) mass is 219 g/mol. The summed E-state index contributed by atoms with van der Waals surface area (Å²) in [5.74, 6) is 0. The molecule has 2 aromatic rings. The molecular formula is C11H13N3O2. The van der Waals surface area contributed by atoms with Crippen molar-refractivity contribution in [1.29, 1.82) is 0 Å². The number of hydrogen-bond acceptors (Lipinski definition) is 4. The van der Waals surface area contributed by atoms with Gasteiger partial charge in [-0.2, -0.15) is 0 Å². The van der Waals surface area contributed by atoms with Crippen LogP contribution in [0.2, 0.25) is 0 Å². The molecule has 0 aliphatic heterocycles. The maximum Gasteiger partial charge on any atom is 0.108 e. The molecule has 0 aliphatic carbocycles. The van der Waals surface area contributed by atoms with E-state index >= 15 is 0 Å². The van der Waals surface area contributed by atoms with E-state index in [0.717, 1.165) is 5.56 Å². The Bertz CT molecular complexity index is 442. The Morgan fingerprint density at radius 2 is 2.00 bits per heavy atom. The second-order valence-electron chi connectivity index (χ2n) is 3.52. The van der Waals surface area contributed by atoms with E-state index in [1.807, 2.05) is 30.3 Å². The molecule has 0 fully saturated rings. The van der Waals surface area contributed by atoms with Crippen molar-refractivity contribution in [3.63, 3.8) is 0 Å². The van der Waals surface area contributed by atoms with Crippen LogP contribution >= 0.6 is 0 Å². The van der Waals surface area contributed by atoms with Gasteiger partial charge in [-0.15, -0.1) is 5.10 Å². The van der Waals surface area contributed by atoms with Gasteiger partial charge in [-0.1, -0.05) is 35.5 Å². The van der Waals surface area contributed by atoms with Gasteiger partial charge in [-0.05, 0) is 5.56 Å². The van der Waals surface area contributed by atoms with E-state index < -0.39 is 6.10 Å². The largest absolute Gasteiger partial charge is 0.390 e. The van der Waals surface area contributed by atoms with Gasteiger partial charge >= 0.3 is 0 Å². The lowest BCUT2D eigenvalue weighted by Crippen LogP contribution is -2.09. The minimum atomic E-state index is -0.616. The van der Waals surface area contributed by atoms with Crippen molar-refractivity contribution >= 4 is 0 Å². The zero-order valence-electron chi connectivity index (χ0n) is 8.69. The molecule has 0 saturated heterocycles. The van der Waals surface area contributed by atoms with Crippen molar-refractivity contribution in [3.05, 3.63) is 47.8 Å². The molecule has 0 bridgehead atoms. The summed E-state index contributed by atoms with van der Waals surface area (Å²) in [6.07, 6.45) is 1.00. The molecule has 2 rings (SSSR count). The number of benzene rings is 1. The van der Waals surface area contributed by atoms with E-state index in [1.54, 1.807) is 6.20 Å². The van der Waals surface area contributed by atoms with Gasteiger partial charge in [-0.3, -0.25) is 0 Å². The van der Waals surface area contributed by atoms with Crippen molar-refractivity contribution in [1.82, 2.24) is 15.0 Å². The Balaban J connectivity index is 2.05. The number of nitrogens with zero attached hydrogens (tertiary/aromatic N) is 3. The molecule has 0 radical (unpaired) electrons. The second kappa shape index (κ2) is 4.87. The van der Waals surface area contributed by atoms with Crippen LogP contribution in [0.5, 0.6) is 0 Å². The predicted molar refractivity (Wildman–Crippen MR) is 57.3 cm³/mol. The molecule has 1 atom stereocenters. The molecule has 0 unspecified atom stereocenters. The normalized spacial score (nSPS) is 12.6. The summed E-state index contributed by atoms with van der Waals surface area (Å²) in [5, 5.41) is 26.3. The highest BCUT2D eigenvalue weighted by molar-refractivity contribution is 5.17. The summed E-state index contributed by atoms with van der Waals surface area (Å²) in [6, 6.07) is 9.36. The lowest BCUT2D eigenvalue weighted by atomic mass is 10.1. The van der Waals surface area contributed by atoms with Gasteiger partial charge < -0.3 is 10.2 Å². The van der Waals surface area contributed by atoms with Crippen LogP contribution in [0.4, 0.5) is 0 Å². The van der Waals surface area contributed by atoms with Crippen molar-refractivity contribution in [2.75, 3.05) is 0 Å². The lowest BCUT2D eigenvalue weighted by molar-refractivity contribution is 0.150. The van der Waals surface area contributed by atoms with Gasteiger partial charge in [0.15, 0.2) is 0 Å². The van der Waals surface area contributed by atoms with Crippen molar-refractivity contribution in [3.8, 4) is 0 Å². The lowest BCUT2D eigenvalue weighted by Gasteiger charge is -2.09. The summed E-state index contributed by atoms with van der Waals surface area (Å²) in [7, 11) is 0. The Hall–Kier alpha value is -1.72. The maximum atomic E-state index is 9.90. The van der Waals surface area contributed by atoms with E-state index in [4.69, 9.17) is 5.11 Å². The third kappa shape index (κ3) is 2.44. The molecule has 16 heavy (non-hydrogen) atoms. The topological polar surface area (TPSA) is 71.2 Å². The average Bonchev–Trinajstić information content (AvgIpc) is 2.78. The molecule has 1 aromatic carbocycles. The third-order valence-electron chi connectivity index (χ3n) is 2.29. The van der Waals surface area contributed by atoms with Gasteiger partial charge in [-0.25, -0.2) is 4.68 Å². The van der Waals surface area contributed by atoms with Crippen LogP contribution in [0.1, 0.15) is 17.4 Å². The molecule has 0 aliphatic rings. The molecule has 84 valence electrons. The highest BCUT2D eigenvalue weighted by Crippen LogP contribution is 2.13. The SMILES string of the molecule is OCc1cn(C[C@@H](O)c2ccccc2)nn1. The molecule has 0 saturated carbocycles. The van der Waals surface area contributed by atoms with E-state index in [1.165, 1.54) is 4.68 Å². The number of aromatic nitrogens is 3. The van der Waals surface area contributed by atoms with E-state index in [0.29, 0.717) is 12.2 Å². The highest BCUT2D eigenvalue weighted by Gasteiger charge is 2.09. The first-order valence-corrected chi connectivity index (χ1v) is 5.02. The third-order valence-corrected chi connectivity index (χ3v) is 2.29. The van der Waals surface area contributed by atoms with Crippen LogP contribution in [0, 0.1) is 0 Å². The minimum Gasteiger partial charge on any atom is -0.390 e. The van der Waals surface area contributed by atoms with Crippen LogP contribution < -0.4 is 0 Å². The highest BCUT2D eigenvalue weighted by atomic mass is 16.3. The molecule has 0 amide bonds. The van der Waals surface area contributed by atoms with Crippen LogP contribution in [0.3, 0.4) is 0 Å². The Morgan fingerprint density at radius 1 is 1.25 bits per heavy atom. The van der Waals surface area contributed by atoms with Crippen LogP contribution in [-0.4, -0.2) is 25.2 Å². The molecule has 1 aromatic heterocycles. The number of rotatable bonds is 4. The molecule has 1 heterocycles. The maximum absolute atomic E-state index is 9.90. The number of aliphatic hydroxyl groups excluding tert-OH is 2. The Labute approximate surface area is 93.0 Å². The fourth-order valence-corrected chi connectivity index (χ4v) is 1.46. The molecule has 2 N–H and O–H groups in total. The molecule has 5 heteroatoms. The Morgan fingerprint density at radius 3 is 2.62 bits per heavy atom. The summed E-state index contributed by atoms with van der Waals surface area (Å²) < 4.78 is 1.52. The average molecular weight is 219 g/mol. The van der Waals surface area contributed by atoms with E-state index in [-0.39, 0.29) is 6.61 Å². The summed E-state index contributed by atoms with van der Waals surface area (Å²) >= 11 is 0. The summed E-state index contributed by atoms with van der Waals surface area (Å²) in [5.41, 5.74) is 1.34. The number of aliphatic hydroxyl groups is 2. The minimum absolute atomic E-state index is 0.137. The zero-order chi connectivity index (χ0) is 11.4. The standard InChI is InChI=1S/C11H13N3O2/c15-8-10-6-14(13-12-10)7-11(16)9-4-2-1-3-5-9/h1-6,11,15-16H,7-8H2/t11-/m1/s1. The first kappa shape index (κ1) is 10.8.